The van der Waals surface area contributed by atoms with E-state index >= 15 is 0 Å². The van der Waals surface area contributed by atoms with Crippen molar-refractivity contribution in [1.29, 1.82) is 0 Å². The summed E-state index contributed by atoms with van der Waals surface area (Å²) >= 11 is 0. The summed E-state index contributed by atoms with van der Waals surface area (Å²) in [5.74, 6) is -0.413. The van der Waals surface area contributed by atoms with Crippen molar-refractivity contribution >= 4 is 19.3 Å². The van der Waals surface area contributed by atoms with Crippen molar-refractivity contribution in [3.05, 3.63) is 99.1 Å². The molecule has 8 nitrogen and oxygen atoms in total. The number of non-ortho nitro benzene ring substituents is 1. The maximum absolute atomic E-state index is 12.6. The summed E-state index contributed by atoms with van der Waals surface area (Å²) in [6.45, 7) is 3.22. The van der Waals surface area contributed by atoms with E-state index in [1.165, 1.54) is 30.3 Å². The summed E-state index contributed by atoms with van der Waals surface area (Å²) in [6, 6.07) is 16.5. The zero-order valence-corrected chi connectivity index (χ0v) is 20.0. The number of phosphoric acid groups is 1. The van der Waals surface area contributed by atoms with Gasteiger partial charge in [-0.05, 0) is 43.2 Å². The summed E-state index contributed by atoms with van der Waals surface area (Å²) < 4.78 is 22.3. The van der Waals surface area contributed by atoms with Gasteiger partial charge < -0.3 is 13.9 Å². The number of benzene rings is 3. The Labute approximate surface area is 200 Å². The first-order valence-corrected chi connectivity index (χ1v) is 10.3. The van der Waals surface area contributed by atoms with Gasteiger partial charge in [0.2, 0.25) is 0 Å². The maximum atomic E-state index is 12.6. The van der Waals surface area contributed by atoms with Crippen LogP contribution in [-0.4, -0.2) is 10.7 Å². The van der Waals surface area contributed by atoms with Crippen molar-refractivity contribution < 1.29 is 57.8 Å². The number of ketones is 1. The molecule has 0 aromatic heterocycles. The van der Waals surface area contributed by atoms with Gasteiger partial charge in [-0.2, -0.15) is 0 Å². The Morgan fingerprint density at radius 1 is 0.903 bits per heavy atom. The van der Waals surface area contributed by atoms with Gasteiger partial charge in [0.05, 0.1) is 11.0 Å². The fourth-order valence-corrected chi connectivity index (χ4v) is 3.82. The summed E-state index contributed by atoms with van der Waals surface area (Å²) in [5.41, 5.74) is 1.43. The van der Waals surface area contributed by atoms with Gasteiger partial charge >= 0.3 is 37.4 Å². The van der Waals surface area contributed by atoms with Gasteiger partial charge in [-0.3, -0.25) is 14.9 Å². The predicted molar refractivity (Wildman–Crippen MR) is 108 cm³/mol. The van der Waals surface area contributed by atoms with Crippen molar-refractivity contribution in [2.24, 2.45) is 0 Å². The summed E-state index contributed by atoms with van der Waals surface area (Å²) in [6.07, 6.45) is 0. The SMILES string of the molecule is Cc1cc(C(=O)c2ccccc2)cc(C)c1OP(=O)([O-])Oc1cccc([N+](=O)[O-])c1.[Na+]. The quantitative estimate of drug-likeness (QED) is 0.176. The third-order valence-electron chi connectivity index (χ3n) is 4.21. The van der Waals surface area contributed by atoms with E-state index in [1.807, 2.05) is 0 Å². The number of carbonyl (C=O) groups is 1. The van der Waals surface area contributed by atoms with Gasteiger partial charge in [0.25, 0.3) is 5.69 Å². The molecule has 0 aliphatic rings. The van der Waals surface area contributed by atoms with Crippen LogP contribution in [0.4, 0.5) is 5.69 Å². The molecule has 0 bridgehead atoms. The summed E-state index contributed by atoms with van der Waals surface area (Å²) in [4.78, 5) is 35.1. The Bertz CT molecular complexity index is 1140. The van der Waals surface area contributed by atoms with Gasteiger partial charge in [0.1, 0.15) is 11.5 Å². The van der Waals surface area contributed by atoms with Crippen LogP contribution >= 0.6 is 7.82 Å². The van der Waals surface area contributed by atoms with E-state index in [4.69, 9.17) is 9.05 Å². The second-order valence-corrected chi connectivity index (χ2v) is 7.78. The Morgan fingerprint density at radius 2 is 1.52 bits per heavy atom. The molecule has 3 aromatic rings. The Morgan fingerprint density at radius 3 is 2.10 bits per heavy atom. The molecule has 0 fully saturated rings. The van der Waals surface area contributed by atoms with E-state index in [1.54, 1.807) is 44.2 Å². The molecule has 154 valence electrons. The van der Waals surface area contributed by atoms with Crippen molar-refractivity contribution in [1.82, 2.24) is 0 Å². The minimum absolute atomic E-state index is 0. The van der Waals surface area contributed by atoms with Crippen LogP contribution in [0, 0.1) is 24.0 Å². The number of carbonyl (C=O) groups excluding carboxylic acids is 1. The van der Waals surface area contributed by atoms with Crippen molar-refractivity contribution in [2.45, 2.75) is 13.8 Å². The molecule has 1 atom stereocenters. The Hall–Kier alpha value is -2.48. The first kappa shape index (κ1) is 24.8. The number of hydrogen-bond acceptors (Lipinski definition) is 7. The monoisotopic (exact) mass is 449 g/mol. The second-order valence-electron chi connectivity index (χ2n) is 6.52. The third-order valence-corrected chi connectivity index (χ3v) is 5.05. The Kier molecular flexibility index (Phi) is 8.17. The van der Waals surface area contributed by atoms with Crippen molar-refractivity contribution in [3.63, 3.8) is 0 Å². The van der Waals surface area contributed by atoms with E-state index < -0.39 is 12.7 Å². The molecule has 0 radical (unpaired) electrons. The fourth-order valence-electron chi connectivity index (χ4n) is 2.89. The second kappa shape index (κ2) is 10.2. The molecule has 3 rings (SSSR count). The molecule has 1 unspecified atom stereocenters. The normalized spacial score (nSPS) is 12.2. The minimum Gasteiger partial charge on any atom is -0.736 e. The predicted octanol–water partition coefficient (Wildman–Crippen LogP) is 1.37. The van der Waals surface area contributed by atoms with Crippen LogP contribution in [0.25, 0.3) is 0 Å². The van der Waals surface area contributed by atoms with Crippen LogP contribution in [0.1, 0.15) is 27.0 Å². The minimum atomic E-state index is -4.89. The molecule has 0 aliphatic heterocycles. The number of nitro benzene ring substituents is 1. The maximum Gasteiger partial charge on any atom is 1.00 e. The first-order chi connectivity index (χ1) is 14.2. The number of phosphoric ester groups is 1. The molecule has 0 saturated carbocycles. The zero-order chi connectivity index (χ0) is 21.9. The number of hydrogen-bond donors (Lipinski definition) is 0. The van der Waals surface area contributed by atoms with E-state index in [9.17, 15) is 24.4 Å². The molecule has 0 aliphatic carbocycles. The van der Waals surface area contributed by atoms with E-state index in [2.05, 4.69) is 0 Å². The van der Waals surface area contributed by atoms with Gasteiger partial charge in [-0.15, -0.1) is 0 Å². The standard InChI is InChI=1S/C21H18NO7P.Na/c1-14-11-17(20(23)16-7-4-3-5-8-16)12-15(2)21(14)29-30(26,27)28-19-10-6-9-18(13-19)22(24)25;/h3-13H,1-2H3,(H,26,27);/q;+1/p-1. The third kappa shape index (κ3) is 6.26. The summed E-state index contributed by atoms with van der Waals surface area (Å²) in [5, 5.41) is 10.8. The van der Waals surface area contributed by atoms with Crippen LogP contribution in [-0.2, 0) is 4.57 Å². The average molecular weight is 449 g/mol. The zero-order valence-electron chi connectivity index (χ0n) is 17.1. The Balaban J connectivity index is 0.00000341. The topological polar surface area (TPSA) is 119 Å². The number of nitrogens with zero attached hydrogens (tertiary/aromatic N) is 1. The van der Waals surface area contributed by atoms with E-state index in [0.29, 0.717) is 22.3 Å². The molecular formula is C21H17NNaO7P. The van der Waals surface area contributed by atoms with Crippen molar-refractivity contribution in [3.8, 4) is 11.5 Å². The molecule has 31 heavy (non-hydrogen) atoms. The molecule has 0 N–H and O–H groups in total. The van der Waals surface area contributed by atoms with Crippen LogP contribution in [0.5, 0.6) is 11.5 Å². The molecule has 10 heteroatoms. The van der Waals surface area contributed by atoms with Gasteiger partial charge in [-0.25, -0.2) is 4.57 Å². The van der Waals surface area contributed by atoms with Gasteiger partial charge in [0.15, 0.2) is 5.78 Å². The molecule has 0 heterocycles. The molecule has 0 amide bonds. The first-order valence-electron chi connectivity index (χ1n) is 8.82. The average Bonchev–Trinajstić information content (AvgIpc) is 2.70. The van der Waals surface area contributed by atoms with Gasteiger partial charge in [0, 0.05) is 17.2 Å². The van der Waals surface area contributed by atoms with E-state index in [-0.39, 0.29) is 52.5 Å². The van der Waals surface area contributed by atoms with Crippen LogP contribution in [0.15, 0.2) is 66.7 Å². The molecule has 0 saturated heterocycles. The van der Waals surface area contributed by atoms with Crippen LogP contribution in [0.3, 0.4) is 0 Å². The molecule has 0 spiro atoms. The fraction of sp³-hybridized carbons (Fsp3) is 0.0952. The number of rotatable bonds is 7. The number of aryl methyl sites for hydroxylation is 2. The smallest absolute Gasteiger partial charge is 0.736 e. The largest absolute Gasteiger partial charge is 1.00 e. The van der Waals surface area contributed by atoms with Crippen LogP contribution < -0.4 is 43.5 Å². The van der Waals surface area contributed by atoms with Gasteiger partial charge in [-0.1, -0.05) is 36.4 Å². The molecule has 3 aromatic carbocycles. The van der Waals surface area contributed by atoms with E-state index in [0.717, 1.165) is 6.07 Å². The summed E-state index contributed by atoms with van der Waals surface area (Å²) in [7, 11) is -4.89. The molecular weight excluding hydrogens is 432 g/mol. The van der Waals surface area contributed by atoms with Crippen LogP contribution in [0.2, 0.25) is 0 Å². The number of nitro groups is 1. The van der Waals surface area contributed by atoms with Crippen molar-refractivity contribution in [2.75, 3.05) is 0 Å².